The lowest BCUT2D eigenvalue weighted by atomic mass is 9.82. The Morgan fingerprint density at radius 2 is 1.92 bits per heavy atom. The van der Waals surface area contributed by atoms with Crippen molar-refractivity contribution in [3.63, 3.8) is 0 Å². The molecule has 1 spiro atoms. The monoisotopic (exact) mass is 499 g/mol. The molecule has 2 fully saturated rings. The molecule has 0 bridgehead atoms. The van der Waals surface area contributed by atoms with Gasteiger partial charge in [0.1, 0.15) is 11.6 Å². The van der Waals surface area contributed by atoms with Gasteiger partial charge in [-0.1, -0.05) is 25.1 Å². The second-order valence-corrected chi connectivity index (χ2v) is 10.9. The van der Waals surface area contributed by atoms with Crippen molar-refractivity contribution in [2.45, 2.75) is 58.2 Å². The summed E-state index contributed by atoms with van der Waals surface area (Å²) < 4.78 is 7.78. The lowest BCUT2D eigenvalue weighted by Crippen LogP contribution is -2.53. The van der Waals surface area contributed by atoms with Gasteiger partial charge in [0.25, 0.3) is 0 Å². The highest BCUT2D eigenvalue weighted by Gasteiger charge is 2.54. The zero-order valence-electron chi connectivity index (χ0n) is 22.6. The normalized spacial score (nSPS) is 21.3. The number of aromatic nitrogens is 2. The molecule has 2 aromatic carbocycles. The van der Waals surface area contributed by atoms with Gasteiger partial charge in [-0.05, 0) is 67.6 Å². The maximum atomic E-state index is 13.8. The molecule has 7 nitrogen and oxygen atoms in total. The Morgan fingerprint density at radius 1 is 1.16 bits per heavy atom. The molecule has 2 saturated heterocycles. The summed E-state index contributed by atoms with van der Waals surface area (Å²) in [7, 11) is 3.82. The fraction of sp³-hybridized carbons (Fsp3) is 0.467. The van der Waals surface area contributed by atoms with Gasteiger partial charge < -0.3 is 14.2 Å². The van der Waals surface area contributed by atoms with Crippen LogP contribution in [0.1, 0.15) is 55.1 Å². The van der Waals surface area contributed by atoms with Crippen LogP contribution in [0, 0.1) is 6.92 Å². The molecule has 3 aliphatic heterocycles. The van der Waals surface area contributed by atoms with Crippen LogP contribution in [0.15, 0.2) is 48.2 Å². The molecule has 37 heavy (non-hydrogen) atoms. The summed E-state index contributed by atoms with van der Waals surface area (Å²) in [6, 6.07) is 12.7. The molecular weight excluding hydrogens is 462 g/mol. The standard InChI is InChI=1S/C30H37N5O2/c1-6-35-29(36)34-18-22-17-23(37-5)15-20(2)28(22)21(3)16-26(34)30(35)11-13-33(14-12-30)19-27-31-24-9-7-8-10-25(24)32(27)4/h7-10,15-17,21H,6,11-14,18-19H2,1-5H3/t21-/m1/s1. The van der Waals surface area contributed by atoms with Gasteiger partial charge in [-0.3, -0.25) is 9.80 Å². The number of para-hydroxylation sites is 2. The third-order valence-electron chi connectivity index (χ3n) is 8.86. The molecule has 0 N–H and O–H groups in total. The van der Waals surface area contributed by atoms with Crippen molar-refractivity contribution in [2.75, 3.05) is 26.7 Å². The number of piperidine rings is 1. The van der Waals surface area contributed by atoms with E-state index in [4.69, 9.17) is 9.72 Å². The van der Waals surface area contributed by atoms with E-state index in [0.717, 1.165) is 56.1 Å². The number of aryl methyl sites for hydroxylation is 2. The van der Waals surface area contributed by atoms with E-state index in [1.165, 1.54) is 27.9 Å². The van der Waals surface area contributed by atoms with Crippen LogP contribution in [-0.2, 0) is 20.1 Å². The maximum absolute atomic E-state index is 13.8. The molecular formula is C30H37N5O2. The quantitative estimate of drug-likeness (QED) is 0.496. The average molecular weight is 500 g/mol. The lowest BCUT2D eigenvalue weighted by molar-refractivity contribution is 0.0871. The van der Waals surface area contributed by atoms with Crippen molar-refractivity contribution in [3.05, 3.63) is 70.7 Å². The van der Waals surface area contributed by atoms with E-state index < -0.39 is 0 Å². The SMILES string of the molecule is CCN1C(=O)N2Cc3cc(OC)cc(C)c3[C@H](C)C=C2C12CCN(Cc1nc3ccccc3n1C)CC2. The Hall–Kier alpha value is -3.32. The van der Waals surface area contributed by atoms with E-state index in [2.05, 4.69) is 78.6 Å². The molecule has 0 saturated carbocycles. The molecule has 6 rings (SSSR count). The van der Waals surface area contributed by atoms with Crippen molar-refractivity contribution in [3.8, 4) is 5.75 Å². The molecule has 1 atom stereocenters. The number of fused-ring (bicyclic) bond motifs is 4. The number of likely N-dealkylation sites (tertiary alicyclic amines) is 1. The van der Waals surface area contributed by atoms with E-state index in [9.17, 15) is 4.79 Å². The Bertz CT molecular complexity index is 1400. The van der Waals surface area contributed by atoms with Gasteiger partial charge in [0, 0.05) is 38.3 Å². The molecule has 3 aromatic rings. The highest BCUT2D eigenvalue weighted by Crippen LogP contribution is 2.48. The van der Waals surface area contributed by atoms with Gasteiger partial charge >= 0.3 is 6.03 Å². The lowest BCUT2D eigenvalue weighted by Gasteiger charge is -2.44. The van der Waals surface area contributed by atoms with Crippen LogP contribution < -0.4 is 4.74 Å². The van der Waals surface area contributed by atoms with Gasteiger partial charge in [0.2, 0.25) is 0 Å². The number of hydrogen-bond acceptors (Lipinski definition) is 4. The number of urea groups is 1. The third kappa shape index (κ3) is 3.66. The van der Waals surface area contributed by atoms with E-state index in [1.54, 1.807) is 7.11 Å². The number of benzene rings is 2. The summed E-state index contributed by atoms with van der Waals surface area (Å²) in [4.78, 5) is 25.4. The summed E-state index contributed by atoms with van der Waals surface area (Å²) in [5.41, 5.74) is 6.92. The number of carbonyl (C=O) groups is 1. The number of rotatable bonds is 4. The Balaban J connectivity index is 1.29. The van der Waals surface area contributed by atoms with Crippen LogP contribution in [0.3, 0.4) is 0 Å². The predicted molar refractivity (Wildman–Crippen MR) is 146 cm³/mol. The van der Waals surface area contributed by atoms with Crippen molar-refractivity contribution in [1.82, 2.24) is 24.3 Å². The number of amides is 2. The zero-order valence-corrected chi connectivity index (χ0v) is 22.6. The number of imidazole rings is 1. The first-order valence-electron chi connectivity index (χ1n) is 13.5. The van der Waals surface area contributed by atoms with Crippen LogP contribution in [0.2, 0.25) is 0 Å². The summed E-state index contributed by atoms with van der Waals surface area (Å²) in [6.07, 6.45) is 4.24. The van der Waals surface area contributed by atoms with Crippen LogP contribution in [0.25, 0.3) is 11.0 Å². The fourth-order valence-corrected chi connectivity index (χ4v) is 7.03. The van der Waals surface area contributed by atoms with Gasteiger partial charge in [0.05, 0.1) is 36.8 Å². The first-order valence-corrected chi connectivity index (χ1v) is 13.5. The minimum absolute atomic E-state index is 0.137. The molecule has 1 aromatic heterocycles. The number of ether oxygens (including phenoxy) is 1. The Morgan fingerprint density at radius 3 is 2.62 bits per heavy atom. The highest BCUT2D eigenvalue weighted by molar-refractivity contribution is 5.83. The first-order chi connectivity index (χ1) is 17.9. The van der Waals surface area contributed by atoms with Crippen LogP contribution in [-0.4, -0.2) is 62.6 Å². The first kappa shape index (κ1) is 24.0. The molecule has 3 aliphatic rings. The van der Waals surface area contributed by atoms with Crippen molar-refractivity contribution in [2.24, 2.45) is 7.05 Å². The predicted octanol–water partition coefficient (Wildman–Crippen LogP) is 5.18. The van der Waals surface area contributed by atoms with Crippen molar-refractivity contribution in [1.29, 1.82) is 0 Å². The van der Waals surface area contributed by atoms with Gasteiger partial charge in [0.15, 0.2) is 0 Å². The minimum Gasteiger partial charge on any atom is -0.497 e. The van der Waals surface area contributed by atoms with Gasteiger partial charge in [-0.25, -0.2) is 9.78 Å². The molecule has 0 radical (unpaired) electrons. The van der Waals surface area contributed by atoms with E-state index in [1.807, 2.05) is 11.0 Å². The summed E-state index contributed by atoms with van der Waals surface area (Å²) in [6.45, 7) is 10.6. The summed E-state index contributed by atoms with van der Waals surface area (Å²) in [5.74, 6) is 2.19. The Labute approximate surface area is 219 Å². The van der Waals surface area contributed by atoms with Crippen LogP contribution in [0.5, 0.6) is 5.75 Å². The molecule has 7 heteroatoms. The molecule has 2 amide bonds. The zero-order chi connectivity index (χ0) is 25.9. The summed E-state index contributed by atoms with van der Waals surface area (Å²) >= 11 is 0. The number of methoxy groups -OCH3 is 1. The topological polar surface area (TPSA) is 53.8 Å². The van der Waals surface area contributed by atoms with Crippen molar-refractivity contribution < 1.29 is 9.53 Å². The number of allylic oxidation sites excluding steroid dienone is 1. The van der Waals surface area contributed by atoms with Crippen molar-refractivity contribution >= 4 is 17.1 Å². The van der Waals surface area contributed by atoms with Gasteiger partial charge in [-0.15, -0.1) is 0 Å². The van der Waals surface area contributed by atoms with Crippen LogP contribution >= 0.6 is 0 Å². The highest BCUT2D eigenvalue weighted by atomic mass is 16.5. The van der Waals surface area contributed by atoms with Gasteiger partial charge in [-0.2, -0.15) is 0 Å². The molecule has 0 unspecified atom stereocenters. The molecule has 0 aliphatic carbocycles. The average Bonchev–Trinajstić information content (AvgIpc) is 3.23. The minimum atomic E-state index is -0.247. The second kappa shape index (κ2) is 8.91. The number of likely N-dealkylation sites (N-methyl/N-ethyl adjacent to an activating group) is 1. The fourth-order valence-electron chi connectivity index (χ4n) is 7.03. The van der Waals surface area contributed by atoms with E-state index in [0.29, 0.717) is 6.54 Å². The second-order valence-electron chi connectivity index (χ2n) is 10.9. The largest absolute Gasteiger partial charge is 0.497 e. The number of carbonyl (C=O) groups excluding carboxylic acids is 1. The molecule has 4 heterocycles. The third-order valence-corrected chi connectivity index (χ3v) is 8.86. The van der Waals surface area contributed by atoms with Crippen LogP contribution in [0.4, 0.5) is 4.79 Å². The van der Waals surface area contributed by atoms with E-state index in [-0.39, 0.29) is 17.5 Å². The maximum Gasteiger partial charge on any atom is 0.325 e. The summed E-state index contributed by atoms with van der Waals surface area (Å²) in [5, 5.41) is 0. The van der Waals surface area contributed by atoms with E-state index >= 15 is 0 Å². The smallest absolute Gasteiger partial charge is 0.325 e. The Kier molecular flexibility index (Phi) is 5.79. The number of hydrogen-bond donors (Lipinski definition) is 0. The molecule has 194 valence electrons. The number of nitrogens with zero attached hydrogens (tertiary/aromatic N) is 5.